The van der Waals surface area contributed by atoms with Gasteiger partial charge in [0.1, 0.15) is 0 Å². The van der Waals surface area contributed by atoms with Gasteiger partial charge in [-0.15, -0.1) is 0 Å². The molecule has 0 atom stereocenters. The van der Waals surface area contributed by atoms with E-state index in [0.29, 0.717) is 0 Å². The molecule has 0 fully saturated rings. The summed E-state index contributed by atoms with van der Waals surface area (Å²) >= 11 is 5.93. The van der Waals surface area contributed by atoms with E-state index in [2.05, 4.69) is 51.5 Å². The summed E-state index contributed by atoms with van der Waals surface area (Å²) in [5, 5.41) is 0. The third-order valence-electron chi connectivity index (χ3n) is 2.16. The predicted octanol–water partition coefficient (Wildman–Crippen LogP) is 4.22. The van der Waals surface area contributed by atoms with Crippen LogP contribution in [0.4, 0.5) is 0 Å². The number of alkyl halides is 1. The van der Waals surface area contributed by atoms with E-state index in [0.717, 1.165) is 39.8 Å². The molecule has 0 aliphatic heterocycles. The van der Waals surface area contributed by atoms with Gasteiger partial charge in [0.25, 0.3) is 0 Å². The van der Waals surface area contributed by atoms with Crippen LogP contribution in [0.2, 0.25) is 0 Å². The Hall–Kier alpha value is 0.0300. The molecule has 0 aliphatic rings. The van der Waals surface area contributed by atoms with E-state index in [1.807, 2.05) is 6.07 Å². The summed E-state index contributed by atoms with van der Waals surface area (Å²) in [5.41, 5.74) is 1.27. The molecule has 0 aliphatic carbocycles. The second-order valence-electron chi connectivity index (χ2n) is 3.38. The first-order valence-corrected chi connectivity index (χ1v) is 7.60. The second kappa shape index (κ2) is 7.37. The summed E-state index contributed by atoms with van der Waals surface area (Å²) in [6, 6.07) is 4.05. The third-order valence-corrected chi connectivity index (χ3v) is 3.44. The molecule has 0 N–H and O–H groups in total. The van der Waals surface area contributed by atoms with Crippen molar-refractivity contribution in [3.63, 3.8) is 0 Å². The first-order valence-electron chi connectivity index (χ1n) is 5.28. The molecule has 0 unspecified atom stereocenters. The Bertz CT molecular complexity index is 342. The number of rotatable bonds is 6. The molecule has 1 rings (SSSR count). The highest BCUT2D eigenvalue weighted by Crippen LogP contribution is 2.34. The molecule has 0 spiro atoms. The molecule has 90 valence electrons. The number of hydrogen-bond donors (Lipinski definition) is 0. The standard InChI is InChI=1S/C12H16BrIO2/c1-3-6-16-12-7-9(4-5-14)10(13)8-11(12)15-2/h7-8H,3-6H2,1-2H3. The Morgan fingerprint density at radius 2 is 2.06 bits per heavy atom. The lowest BCUT2D eigenvalue weighted by Crippen LogP contribution is -1.99. The van der Waals surface area contributed by atoms with Crippen LogP contribution in [0.25, 0.3) is 0 Å². The highest BCUT2D eigenvalue weighted by atomic mass is 127. The largest absolute Gasteiger partial charge is 0.493 e. The minimum atomic E-state index is 0.724. The van der Waals surface area contributed by atoms with E-state index in [-0.39, 0.29) is 0 Å². The van der Waals surface area contributed by atoms with Crippen molar-refractivity contribution in [1.29, 1.82) is 0 Å². The fourth-order valence-electron chi connectivity index (χ4n) is 1.35. The van der Waals surface area contributed by atoms with Gasteiger partial charge in [-0.2, -0.15) is 0 Å². The number of hydrogen-bond acceptors (Lipinski definition) is 2. The van der Waals surface area contributed by atoms with E-state index >= 15 is 0 Å². The lowest BCUT2D eigenvalue weighted by molar-refractivity contribution is 0.294. The maximum absolute atomic E-state index is 5.67. The summed E-state index contributed by atoms with van der Waals surface area (Å²) < 4.78 is 13.2. The van der Waals surface area contributed by atoms with Gasteiger partial charge in [-0.1, -0.05) is 45.4 Å². The minimum Gasteiger partial charge on any atom is -0.493 e. The SMILES string of the molecule is CCCOc1cc(CCI)c(Br)cc1OC. The fourth-order valence-corrected chi connectivity index (χ4v) is 2.46. The zero-order valence-electron chi connectivity index (χ0n) is 9.56. The Balaban J connectivity index is 2.97. The van der Waals surface area contributed by atoms with Crippen LogP contribution >= 0.6 is 38.5 Å². The molecule has 16 heavy (non-hydrogen) atoms. The number of halogens is 2. The van der Waals surface area contributed by atoms with Gasteiger partial charge >= 0.3 is 0 Å². The van der Waals surface area contributed by atoms with E-state index in [1.54, 1.807) is 7.11 Å². The summed E-state index contributed by atoms with van der Waals surface area (Å²) in [7, 11) is 1.67. The van der Waals surface area contributed by atoms with Crippen molar-refractivity contribution in [1.82, 2.24) is 0 Å². The highest BCUT2D eigenvalue weighted by Gasteiger charge is 2.09. The first-order chi connectivity index (χ1) is 7.72. The zero-order valence-corrected chi connectivity index (χ0v) is 13.3. The molecule has 0 saturated heterocycles. The van der Waals surface area contributed by atoms with Gasteiger partial charge in [-0.25, -0.2) is 0 Å². The Labute approximate surface area is 119 Å². The quantitative estimate of drug-likeness (QED) is 0.527. The molecule has 0 heterocycles. The summed E-state index contributed by atoms with van der Waals surface area (Å²) in [5.74, 6) is 1.63. The van der Waals surface area contributed by atoms with Crippen LogP contribution in [-0.4, -0.2) is 18.1 Å². The van der Waals surface area contributed by atoms with Crippen LogP contribution in [0.5, 0.6) is 11.5 Å². The molecule has 0 radical (unpaired) electrons. The van der Waals surface area contributed by atoms with E-state index in [4.69, 9.17) is 9.47 Å². The van der Waals surface area contributed by atoms with Crippen LogP contribution < -0.4 is 9.47 Å². The molecule has 1 aromatic carbocycles. The maximum atomic E-state index is 5.67. The Morgan fingerprint density at radius 3 is 2.62 bits per heavy atom. The molecule has 0 bridgehead atoms. The van der Waals surface area contributed by atoms with E-state index < -0.39 is 0 Å². The van der Waals surface area contributed by atoms with Crippen molar-refractivity contribution in [3.05, 3.63) is 22.2 Å². The van der Waals surface area contributed by atoms with Gasteiger partial charge in [0, 0.05) is 8.90 Å². The molecule has 4 heteroatoms. The maximum Gasteiger partial charge on any atom is 0.161 e. The molecule has 2 nitrogen and oxygen atoms in total. The topological polar surface area (TPSA) is 18.5 Å². The number of benzene rings is 1. The van der Waals surface area contributed by atoms with Gasteiger partial charge in [0.05, 0.1) is 13.7 Å². The molecule has 1 aromatic rings. The second-order valence-corrected chi connectivity index (χ2v) is 5.32. The molecular formula is C12H16BrIO2. The Kier molecular flexibility index (Phi) is 6.49. The van der Waals surface area contributed by atoms with Crippen molar-refractivity contribution in [3.8, 4) is 11.5 Å². The first kappa shape index (κ1) is 14.1. The van der Waals surface area contributed by atoms with Crippen LogP contribution in [0.3, 0.4) is 0 Å². The van der Waals surface area contributed by atoms with Gasteiger partial charge in [-0.3, -0.25) is 0 Å². The predicted molar refractivity (Wildman–Crippen MR) is 79.1 cm³/mol. The van der Waals surface area contributed by atoms with Crippen molar-refractivity contribution in [2.45, 2.75) is 19.8 Å². The molecule has 0 amide bonds. The van der Waals surface area contributed by atoms with Crippen molar-refractivity contribution >= 4 is 38.5 Å². The minimum absolute atomic E-state index is 0.724. The summed E-state index contributed by atoms with van der Waals surface area (Å²) in [6.45, 7) is 2.82. The van der Waals surface area contributed by atoms with Crippen molar-refractivity contribution in [2.75, 3.05) is 18.1 Å². The average Bonchev–Trinajstić information content (AvgIpc) is 2.29. The van der Waals surface area contributed by atoms with Gasteiger partial charge in [-0.05, 0) is 30.5 Å². The van der Waals surface area contributed by atoms with Gasteiger partial charge in [0.2, 0.25) is 0 Å². The van der Waals surface area contributed by atoms with Crippen LogP contribution in [0.15, 0.2) is 16.6 Å². The Morgan fingerprint density at radius 1 is 1.31 bits per heavy atom. The monoisotopic (exact) mass is 398 g/mol. The fraction of sp³-hybridized carbons (Fsp3) is 0.500. The van der Waals surface area contributed by atoms with E-state index in [1.165, 1.54) is 5.56 Å². The van der Waals surface area contributed by atoms with Crippen LogP contribution in [0.1, 0.15) is 18.9 Å². The van der Waals surface area contributed by atoms with Gasteiger partial charge in [0.15, 0.2) is 11.5 Å². The normalized spacial score (nSPS) is 10.2. The summed E-state index contributed by atoms with van der Waals surface area (Å²) in [6.07, 6.45) is 2.04. The third kappa shape index (κ3) is 3.80. The van der Waals surface area contributed by atoms with Crippen LogP contribution in [0, 0.1) is 0 Å². The van der Waals surface area contributed by atoms with Crippen LogP contribution in [-0.2, 0) is 6.42 Å². The lowest BCUT2D eigenvalue weighted by Gasteiger charge is -2.13. The molecule has 0 aromatic heterocycles. The molecule has 0 saturated carbocycles. The molecular weight excluding hydrogens is 383 g/mol. The number of ether oxygens (including phenoxy) is 2. The zero-order chi connectivity index (χ0) is 12.0. The van der Waals surface area contributed by atoms with E-state index in [9.17, 15) is 0 Å². The highest BCUT2D eigenvalue weighted by molar-refractivity contribution is 14.1. The van der Waals surface area contributed by atoms with Gasteiger partial charge < -0.3 is 9.47 Å². The number of aryl methyl sites for hydroxylation is 1. The lowest BCUT2D eigenvalue weighted by atomic mass is 10.1. The number of methoxy groups -OCH3 is 1. The average molecular weight is 399 g/mol. The van der Waals surface area contributed by atoms with Crippen molar-refractivity contribution < 1.29 is 9.47 Å². The van der Waals surface area contributed by atoms with Crippen molar-refractivity contribution in [2.24, 2.45) is 0 Å². The summed E-state index contributed by atoms with van der Waals surface area (Å²) in [4.78, 5) is 0. The smallest absolute Gasteiger partial charge is 0.161 e.